The van der Waals surface area contributed by atoms with Crippen molar-refractivity contribution in [1.82, 2.24) is 0 Å². The molecule has 2 aliphatic rings. The van der Waals surface area contributed by atoms with Gasteiger partial charge in [-0.2, -0.15) is 4.91 Å². The van der Waals surface area contributed by atoms with Crippen molar-refractivity contribution in [2.45, 2.75) is 44.6 Å². The summed E-state index contributed by atoms with van der Waals surface area (Å²) in [4.78, 5) is 11.5. The average molecular weight is 331 g/mol. The van der Waals surface area contributed by atoms with E-state index in [2.05, 4.69) is 29.4 Å². The minimum absolute atomic E-state index is 0.227. The molecule has 0 bridgehead atoms. The van der Waals surface area contributed by atoms with Gasteiger partial charge in [0.2, 0.25) is 0 Å². The van der Waals surface area contributed by atoms with Gasteiger partial charge in [0.1, 0.15) is 17.2 Å². The molecule has 0 aliphatic heterocycles. The Morgan fingerprint density at radius 3 is 2.56 bits per heavy atom. The molecule has 0 amide bonds. The van der Waals surface area contributed by atoms with Crippen LogP contribution in [-0.4, -0.2) is 6.04 Å². The lowest BCUT2D eigenvalue weighted by atomic mass is 9.90. The van der Waals surface area contributed by atoms with Crippen molar-refractivity contribution in [2.24, 2.45) is 11.1 Å². The van der Waals surface area contributed by atoms with E-state index in [0.717, 1.165) is 45.9 Å². The third kappa shape index (κ3) is 2.25. The molecule has 5 rings (SSSR count). The van der Waals surface area contributed by atoms with E-state index in [1.54, 1.807) is 0 Å². The molecule has 0 N–H and O–H groups in total. The van der Waals surface area contributed by atoms with Crippen LogP contribution in [-0.2, 0) is 0 Å². The van der Waals surface area contributed by atoms with Gasteiger partial charge in [-0.3, -0.25) is 0 Å². The normalized spacial score (nSPS) is 21.7. The highest BCUT2D eigenvalue weighted by Gasteiger charge is 2.34. The van der Waals surface area contributed by atoms with Crippen LogP contribution >= 0.6 is 0 Å². The first-order valence-corrected chi connectivity index (χ1v) is 9.33. The van der Waals surface area contributed by atoms with Crippen molar-refractivity contribution in [3.05, 3.63) is 58.5 Å². The van der Waals surface area contributed by atoms with Crippen molar-refractivity contribution >= 4 is 27.5 Å². The van der Waals surface area contributed by atoms with Crippen molar-refractivity contribution in [1.29, 1.82) is 0 Å². The van der Waals surface area contributed by atoms with E-state index >= 15 is 0 Å². The summed E-state index contributed by atoms with van der Waals surface area (Å²) in [5.74, 6) is 0.626. The van der Waals surface area contributed by atoms with Crippen LogP contribution in [0.25, 0.3) is 27.5 Å². The lowest BCUT2D eigenvalue weighted by Crippen LogP contribution is -2.04. The third-order valence-electron chi connectivity index (χ3n) is 6.04. The summed E-state index contributed by atoms with van der Waals surface area (Å²) < 4.78 is 6.22. The minimum atomic E-state index is -0.227. The number of hydrogen-bond acceptors (Lipinski definition) is 3. The Labute approximate surface area is 146 Å². The van der Waals surface area contributed by atoms with Crippen LogP contribution in [0.3, 0.4) is 0 Å². The Kier molecular flexibility index (Phi) is 3.47. The number of para-hydroxylation sites is 2. The molecule has 3 nitrogen and oxygen atoms in total. The van der Waals surface area contributed by atoms with Gasteiger partial charge in [0, 0.05) is 16.3 Å². The summed E-state index contributed by atoms with van der Waals surface area (Å²) in [5, 5.41) is 5.74. The molecule has 0 radical (unpaired) electrons. The number of benzene rings is 2. The second kappa shape index (κ2) is 5.83. The van der Waals surface area contributed by atoms with Crippen LogP contribution < -0.4 is 0 Å². The monoisotopic (exact) mass is 331 g/mol. The molecule has 1 unspecified atom stereocenters. The zero-order valence-corrected chi connectivity index (χ0v) is 14.2. The van der Waals surface area contributed by atoms with Crippen molar-refractivity contribution in [3.8, 4) is 0 Å². The molecule has 0 saturated heterocycles. The summed E-state index contributed by atoms with van der Waals surface area (Å²) in [5.41, 5.74) is 5.52. The standard InChI is InChI=1S/C22H21NO2/c24-23-19-13-12-15(14-6-1-2-7-14)21(19)18-10-5-9-17-16-8-3-4-11-20(16)25-22(17)18/h3-5,8-11,14,19H,1-2,6-7,12-13H2. The molecule has 126 valence electrons. The molecule has 1 aromatic heterocycles. The molecule has 0 spiro atoms. The van der Waals surface area contributed by atoms with Crippen LogP contribution in [0.4, 0.5) is 0 Å². The average Bonchev–Trinajstić information content (AvgIpc) is 3.38. The molecule has 3 heteroatoms. The molecular weight excluding hydrogens is 310 g/mol. The molecule has 25 heavy (non-hydrogen) atoms. The largest absolute Gasteiger partial charge is 0.455 e. The van der Waals surface area contributed by atoms with Crippen LogP contribution in [0.1, 0.15) is 44.1 Å². The number of allylic oxidation sites excluding steroid dienone is 1. The number of fused-ring (bicyclic) bond motifs is 3. The van der Waals surface area contributed by atoms with Gasteiger partial charge >= 0.3 is 0 Å². The SMILES string of the molecule is O=NC1CCC(C2CCCC2)=C1c1cccc2c1oc1ccccc12. The maximum Gasteiger partial charge on any atom is 0.142 e. The van der Waals surface area contributed by atoms with Gasteiger partial charge in [-0.25, -0.2) is 0 Å². The summed E-state index contributed by atoms with van der Waals surface area (Å²) in [6.07, 6.45) is 6.96. The number of hydrogen-bond donors (Lipinski definition) is 0. The van der Waals surface area contributed by atoms with E-state index in [1.807, 2.05) is 18.2 Å². The first-order valence-electron chi connectivity index (χ1n) is 9.33. The fourth-order valence-corrected chi connectivity index (χ4v) is 4.90. The van der Waals surface area contributed by atoms with Crippen molar-refractivity contribution in [2.75, 3.05) is 0 Å². The first-order chi connectivity index (χ1) is 12.4. The minimum Gasteiger partial charge on any atom is -0.455 e. The number of furan rings is 1. The molecule has 1 atom stereocenters. The maximum atomic E-state index is 11.5. The van der Waals surface area contributed by atoms with E-state index in [9.17, 15) is 4.91 Å². The van der Waals surface area contributed by atoms with Gasteiger partial charge in [0.15, 0.2) is 0 Å². The van der Waals surface area contributed by atoms with Crippen molar-refractivity contribution in [3.63, 3.8) is 0 Å². The quantitative estimate of drug-likeness (QED) is 0.517. The fraction of sp³-hybridized carbons (Fsp3) is 0.364. The topological polar surface area (TPSA) is 42.6 Å². The maximum absolute atomic E-state index is 11.5. The molecule has 2 aromatic carbocycles. The molecule has 3 aromatic rings. The number of nitroso groups, excluding NO2 is 1. The van der Waals surface area contributed by atoms with Crippen LogP contribution in [0.15, 0.2) is 57.6 Å². The Balaban J connectivity index is 1.77. The lowest BCUT2D eigenvalue weighted by molar-refractivity contribution is 0.618. The Morgan fingerprint density at radius 2 is 1.72 bits per heavy atom. The van der Waals surface area contributed by atoms with Crippen LogP contribution in [0.5, 0.6) is 0 Å². The van der Waals surface area contributed by atoms with Crippen LogP contribution in [0, 0.1) is 10.8 Å². The zero-order chi connectivity index (χ0) is 16.8. The molecular formula is C22H21NO2. The second-order valence-corrected chi connectivity index (χ2v) is 7.36. The first kappa shape index (κ1) is 14.9. The smallest absolute Gasteiger partial charge is 0.142 e. The summed E-state index contributed by atoms with van der Waals surface area (Å²) in [7, 11) is 0. The van der Waals surface area contributed by atoms with E-state index in [-0.39, 0.29) is 6.04 Å². The Bertz CT molecular complexity index is 992. The predicted octanol–water partition coefficient (Wildman–Crippen LogP) is 6.46. The van der Waals surface area contributed by atoms with Gasteiger partial charge in [0.05, 0.1) is 0 Å². The highest BCUT2D eigenvalue weighted by atomic mass is 16.3. The lowest BCUT2D eigenvalue weighted by Gasteiger charge is -2.15. The fourth-order valence-electron chi connectivity index (χ4n) is 4.90. The molecule has 1 heterocycles. The van der Waals surface area contributed by atoms with Gasteiger partial charge in [-0.15, -0.1) is 0 Å². The van der Waals surface area contributed by atoms with Gasteiger partial charge in [-0.1, -0.05) is 60.0 Å². The van der Waals surface area contributed by atoms with E-state index in [0.29, 0.717) is 5.92 Å². The van der Waals surface area contributed by atoms with E-state index in [1.165, 1.54) is 31.3 Å². The summed E-state index contributed by atoms with van der Waals surface area (Å²) in [6, 6.07) is 14.2. The van der Waals surface area contributed by atoms with E-state index in [4.69, 9.17) is 4.42 Å². The van der Waals surface area contributed by atoms with Gasteiger partial charge in [0.25, 0.3) is 0 Å². The van der Waals surface area contributed by atoms with E-state index < -0.39 is 0 Å². The second-order valence-electron chi connectivity index (χ2n) is 7.36. The van der Waals surface area contributed by atoms with Crippen LogP contribution in [0.2, 0.25) is 0 Å². The van der Waals surface area contributed by atoms with Crippen molar-refractivity contribution < 1.29 is 4.42 Å². The summed E-state index contributed by atoms with van der Waals surface area (Å²) in [6.45, 7) is 0. The number of rotatable bonds is 3. The molecule has 1 saturated carbocycles. The van der Waals surface area contributed by atoms with Gasteiger partial charge in [-0.05, 0) is 43.2 Å². The third-order valence-corrected chi connectivity index (χ3v) is 6.04. The summed E-state index contributed by atoms with van der Waals surface area (Å²) >= 11 is 0. The molecule has 2 aliphatic carbocycles. The zero-order valence-electron chi connectivity index (χ0n) is 14.2. The Morgan fingerprint density at radius 1 is 0.920 bits per heavy atom. The van der Waals surface area contributed by atoms with Gasteiger partial charge < -0.3 is 4.42 Å². The number of nitrogens with zero attached hydrogens (tertiary/aromatic N) is 1. The Hall–Kier alpha value is -2.42. The predicted molar refractivity (Wildman–Crippen MR) is 101 cm³/mol. The highest BCUT2D eigenvalue weighted by molar-refractivity contribution is 6.08. The molecule has 1 fully saturated rings. The highest BCUT2D eigenvalue weighted by Crippen LogP contribution is 2.47.